The lowest BCUT2D eigenvalue weighted by atomic mass is 10.0. The first-order chi connectivity index (χ1) is 13.4. The van der Waals surface area contributed by atoms with E-state index in [1.165, 1.54) is 18.9 Å². The van der Waals surface area contributed by atoms with E-state index in [-0.39, 0.29) is 22.6 Å². The zero-order valence-electron chi connectivity index (χ0n) is 17.6. The number of rotatable bonds is 3. The van der Waals surface area contributed by atoms with Crippen LogP contribution in [0.2, 0.25) is 0 Å². The van der Waals surface area contributed by atoms with Gasteiger partial charge in [0.1, 0.15) is 11.6 Å². The number of amides is 2. The summed E-state index contributed by atoms with van der Waals surface area (Å²) in [7, 11) is 0. The van der Waals surface area contributed by atoms with E-state index in [9.17, 15) is 18.4 Å². The number of carbonyl (C=O) groups is 2. The smallest absolute Gasteiger partial charge is 0.268 e. The first-order valence-electron chi connectivity index (χ1n) is 9.27. The van der Waals surface area contributed by atoms with Crippen LogP contribution in [0.25, 0.3) is 5.57 Å². The molecule has 0 saturated heterocycles. The summed E-state index contributed by atoms with van der Waals surface area (Å²) >= 11 is 0. The summed E-state index contributed by atoms with van der Waals surface area (Å²) in [6.07, 6.45) is 0. The van der Waals surface area contributed by atoms with Crippen LogP contribution in [-0.4, -0.2) is 22.4 Å². The lowest BCUT2D eigenvalue weighted by molar-refractivity contribution is -0.123. The summed E-state index contributed by atoms with van der Waals surface area (Å²) < 4.78 is 27.6. The van der Waals surface area contributed by atoms with Crippen molar-refractivity contribution in [1.29, 1.82) is 0 Å². The fourth-order valence-corrected chi connectivity index (χ4v) is 2.77. The van der Waals surface area contributed by atoms with Crippen molar-refractivity contribution in [2.24, 2.45) is 0 Å². The van der Waals surface area contributed by atoms with E-state index in [4.69, 9.17) is 0 Å². The van der Waals surface area contributed by atoms with E-state index in [1.807, 2.05) is 13.0 Å². The minimum atomic E-state index is -0.714. The molecule has 0 unspecified atom stereocenters. The highest BCUT2D eigenvalue weighted by molar-refractivity contribution is 6.02. The van der Waals surface area contributed by atoms with Gasteiger partial charge in [0, 0.05) is 16.7 Å². The number of aryl methyl sites for hydroxylation is 1. The van der Waals surface area contributed by atoms with E-state index in [2.05, 4.69) is 5.43 Å². The molecule has 0 aromatic heterocycles. The van der Waals surface area contributed by atoms with Gasteiger partial charge in [-0.25, -0.2) is 13.8 Å². The van der Waals surface area contributed by atoms with Gasteiger partial charge < -0.3 is 0 Å². The lowest BCUT2D eigenvalue weighted by Crippen LogP contribution is -2.56. The molecule has 154 valence electrons. The van der Waals surface area contributed by atoms with Crippen LogP contribution in [0.5, 0.6) is 0 Å². The third-order valence-electron chi connectivity index (χ3n) is 4.59. The van der Waals surface area contributed by atoms with Crippen molar-refractivity contribution in [3.63, 3.8) is 0 Å². The predicted octanol–water partition coefficient (Wildman–Crippen LogP) is 5.04. The minimum Gasteiger partial charge on any atom is -0.268 e. The Morgan fingerprint density at radius 3 is 2.24 bits per heavy atom. The molecule has 0 atom stereocenters. The molecule has 4 nitrogen and oxygen atoms in total. The van der Waals surface area contributed by atoms with E-state index in [1.54, 1.807) is 39.0 Å². The fourth-order valence-electron chi connectivity index (χ4n) is 2.77. The molecule has 0 aliphatic rings. The first-order valence-corrected chi connectivity index (χ1v) is 9.27. The molecule has 0 bridgehead atoms. The summed E-state index contributed by atoms with van der Waals surface area (Å²) in [6.45, 7) is 10.3. The molecule has 29 heavy (non-hydrogen) atoms. The van der Waals surface area contributed by atoms with Crippen molar-refractivity contribution in [3.05, 3.63) is 76.4 Å². The summed E-state index contributed by atoms with van der Waals surface area (Å²) in [5.74, 6) is -2.15. The van der Waals surface area contributed by atoms with Crippen molar-refractivity contribution in [2.45, 2.75) is 47.1 Å². The number of hydrazine groups is 1. The quantitative estimate of drug-likeness (QED) is 0.580. The van der Waals surface area contributed by atoms with Crippen LogP contribution in [-0.2, 0) is 4.79 Å². The van der Waals surface area contributed by atoms with E-state index >= 15 is 0 Å². The highest BCUT2D eigenvalue weighted by atomic mass is 19.1. The van der Waals surface area contributed by atoms with Crippen LogP contribution in [0, 0.1) is 18.6 Å². The summed E-state index contributed by atoms with van der Waals surface area (Å²) in [5.41, 5.74) is 3.75. The van der Waals surface area contributed by atoms with Gasteiger partial charge in [-0.05, 0) is 77.4 Å². The van der Waals surface area contributed by atoms with Gasteiger partial charge in [0.05, 0.1) is 5.54 Å². The Balaban J connectivity index is 2.37. The molecule has 1 N–H and O–H groups in total. The SMILES string of the molecule is C/C(C(=O)NN(C(=O)c1cccc(C)c1)C(C)(C)C)=C(/C)c1cc(F)ccc1F. The summed E-state index contributed by atoms with van der Waals surface area (Å²) in [4.78, 5) is 25.9. The third-order valence-corrected chi connectivity index (χ3v) is 4.59. The molecule has 0 saturated carbocycles. The Labute approximate surface area is 170 Å². The fraction of sp³-hybridized carbons (Fsp3) is 0.304. The van der Waals surface area contributed by atoms with E-state index in [0.717, 1.165) is 23.8 Å². The molecule has 2 aromatic carbocycles. The Morgan fingerprint density at radius 1 is 1.00 bits per heavy atom. The number of nitrogens with one attached hydrogen (secondary N) is 1. The number of hydrogen-bond acceptors (Lipinski definition) is 2. The zero-order chi connectivity index (χ0) is 21.9. The number of benzene rings is 2. The van der Waals surface area contributed by atoms with Gasteiger partial charge in [0.25, 0.3) is 11.8 Å². The van der Waals surface area contributed by atoms with Crippen molar-refractivity contribution >= 4 is 17.4 Å². The number of halogens is 2. The minimum absolute atomic E-state index is 0.00460. The topological polar surface area (TPSA) is 49.4 Å². The Kier molecular flexibility index (Phi) is 6.57. The van der Waals surface area contributed by atoms with Gasteiger partial charge in [-0.1, -0.05) is 17.7 Å². The first kappa shape index (κ1) is 22.3. The molecular weight excluding hydrogens is 374 g/mol. The molecule has 6 heteroatoms. The average Bonchev–Trinajstić information content (AvgIpc) is 2.65. The van der Waals surface area contributed by atoms with Crippen LogP contribution in [0.15, 0.2) is 48.0 Å². The zero-order valence-corrected chi connectivity index (χ0v) is 17.6. The molecule has 2 aromatic rings. The maximum absolute atomic E-state index is 14.1. The van der Waals surface area contributed by atoms with Gasteiger partial charge in [0.2, 0.25) is 0 Å². The van der Waals surface area contributed by atoms with Crippen LogP contribution < -0.4 is 5.43 Å². The molecule has 2 amide bonds. The van der Waals surface area contributed by atoms with Gasteiger partial charge in [0.15, 0.2) is 0 Å². The Morgan fingerprint density at radius 2 is 1.66 bits per heavy atom. The van der Waals surface area contributed by atoms with Gasteiger partial charge in [-0.2, -0.15) is 0 Å². The third kappa shape index (κ3) is 5.28. The molecule has 0 heterocycles. The highest BCUT2D eigenvalue weighted by Crippen LogP contribution is 2.23. The van der Waals surface area contributed by atoms with Crippen LogP contribution in [0.3, 0.4) is 0 Å². The second kappa shape index (κ2) is 8.55. The van der Waals surface area contributed by atoms with Crippen molar-refractivity contribution < 1.29 is 18.4 Å². The predicted molar refractivity (Wildman–Crippen MR) is 110 cm³/mol. The average molecular weight is 400 g/mol. The Hall–Kier alpha value is -3.02. The van der Waals surface area contributed by atoms with Crippen molar-refractivity contribution in [2.75, 3.05) is 0 Å². The maximum atomic E-state index is 14.1. The van der Waals surface area contributed by atoms with Crippen LogP contribution >= 0.6 is 0 Å². The lowest BCUT2D eigenvalue weighted by Gasteiger charge is -2.35. The normalized spacial score (nSPS) is 12.3. The molecule has 2 rings (SSSR count). The standard InChI is InChI=1S/C23H26F2N2O2/c1-14-8-7-9-17(12-14)22(29)27(23(4,5)6)26-21(28)16(3)15(2)19-13-18(24)10-11-20(19)25/h7-13H,1-6H3,(H,26,28)/b16-15+. The van der Waals surface area contributed by atoms with E-state index < -0.39 is 23.1 Å². The second-order valence-corrected chi connectivity index (χ2v) is 8.00. The molecule has 0 spiro atoms. The van der Waals surface area contributed by atoms with Gasteiger partial charge >= 0.3 is 0 Å². The van der Waals surface area contributed by atoms with Gasteiger partial charge in [-0.15, -0.1) is 0 Å². The maximum Gasteiger partial charge on any atom is 0.272 e. The van der Waals surface area contributed by atoms with Crippen molar-refractivity contribution in [3.8, 4) is 0 Å². The molecule has 0 fully saturated rings. The molecular formula is C23H26F2N2O2. The largest absolute Gasteiger partial charge is 0.272 e. The highest BCUT2D eigenvalue weighted by Gasteiger charge is 2.30. The number of hydrogen-bond donors (Lipinski definition) is 1. The monoisotopic (exact) mass is 400 g/mol. The Bertz CT molecular complexity index is 975. The molecule has 0 radical (unpaired) electrons. The molecule has 0 aliphatic carbocycles. The summed E-state index contributed by atoms with van der Waals surface area (Å²) in [6, 6.07) is 10.1. The van der Waals surface area contributed by atoms with Crippen molar-refractivity contribution in [1.82, 2.24) is 10.4 Å². The van der Waals surface area contributed by atoms with Gasteiger partial charge in [-0.3, -0.25) is 15.0 Å². The summed E-state index contributed by atoms with van der Waals surface area (Å²) in [5, 5.41) is 1.25. The molecule has 0 aliphatic heterocycles. The number of carbonyl (C=O) groups excluding carboxylic acids is 2. The second-order valence-electron chi connectivity index (χ2n) is 8.00. The number of allylic oxidation sites excluding steroid dienone is 1. The van der Waals surface area contributed by atoms with E-state index in [0.29, 0.717) is 5.56 Å². The van der Waals surface area contributed by atoms with Crippen LogP contribution in [0.4, 0.5) is 8.78 Å². The number of nitrogens with zero attached hydrogens (tertiary/aromatic N) is 1. The van der Waals surface area contributed by atoms with Crippen LogP contribution in [0.1, 0.15) is 56.1 Å².